The van der Waals surface area contributed by atoms with Crippen LogP contribution in [0.1, 0.15) is 20.8 Å². The van der Waals surface area contributed by atoms with E-state index in [0.29, 0.717) is 16.7 Å². The Morgan fingerprint density at radius 2 is 1.72 bits per heavy atom. The minimum atomic E-state index is -4.42. The Morgan fingerprint density at radius 3 is 2.28 bits per heavy atom. The average Bonchev–Trinajstić information content (AvgIpc) is 3.19. The first-order valence-electron chi connectivity index (χ1n) is 10.7. The monoisotopic (exact) mass is 548 g/mol. The normalized spacial score (nSPS) is 13.0. The van der Waals surface area contributed by atoms with E-state index in [9.17, 15) is 23.1 Å². The van der Waals surface area contributed by atoms with Crippen molar-refractivity contribution in [2.45, 2.75) is 31.7 Å². The maximum atomic E-state index is 13.9. The standard InChI is InChI=1S/C24H22Cl2N4O5S/c1-24(2,3)22(23(32)33)30(36(34,35)18-12-15(25)11-16(26)13-18)17-4-5-19-14(10-17)8-9-29(19)20-6-7-21(31)28-27-20/h4-13,22H,1-3H3,(H,28,31)(H,32,33). The van der Waals surface area contributed by atoms with E-state index in [4.69, 9.17) is 23.2 Å². The molecule has 0 saturated heterocycles. The van der Waals surface area contributed by atoms with Crippen molar-refractivity contribution in [3.05, 3.63) is 81.2 Å². The van der Waals surface area contributed by atoms with Crippen LogP contribution in [0.5, 0.6) is 0 Å². The van der Waals surface area contributed by atoms with Gasteiger partial charge in [0.25, 0.3) is 15.6 Å². The second-order valence-electron chi connectivity index (χ2n) is 9.22. The summed E-state index contributed by atoms with van der Waals surface area (Å²) in [7, 11) is -4.42. The van der Waals surface area contributed by atoms with E-state index in [1.165, 1.54) is 30.3 Å². The quantitative estimate of drug-likeness (QED) is 0.359. The molecule has 2 N–H and O–H groups in total. The predicted octanol–water partition coefficient (Wildman–Crippen LogP) is 4.72. The van der Waals surface area contributed by atoms with Crippen molar-refractivity contribution in [3.8, 4) is 5.82 Å². The van der Waals surface area contributed by atoms with Gasteiger partial charge < -0.3 is 5.11 Å². The molecule has 2 aromatic heterocycles. The second-order valence-corrected chi connectivity index (χ2v) is 11.9. The van der Waals surface area contributed by atoms with E-state index in [1.54, 1.807) is 55.8 Å². The number of benzene rings is 2. The summed E-state index contributed by atoms with van der Waals surface area (Å²) in [5, 5.41) is 17.4. The SMILES string of the molecule is CC(C)(C)C(C(=O)O)N(c1ccc2c(ccn2-c2ccc(=O)[nH]n2)c1)S(=O)(=O)c1cc(Cl)cc(Cl)c1. The van der Waals surface area contributed by atoms with Crippen LogP contribution in [-0.4, -0.2) is 40.3 Å². The third-order valence-electron chi connectivity index (χ3n) is 5.52. The molecule has 0 radical (unpaired) electrons. The number of halogens is 2. The molecule has 9 nitrogen and oxygen atoms in total. The van der Waals surface area contributed by atoms with Gasteiger partial charge in [-0.25, -0.2) is 18.3 Å². The molecule has 36 heavy (non-hydrogen) atoms. The molecule has 4 rings (SSSR count). The van der Waals surface area contributed by atoms with Crippen molar-refractivity contribution >= 4 is 55.8 Å². The fourth-order valence-electron chi connectivity index (χ4n) is 3.98. The van der Waals surface area contributed by atoms with Crippen LogP contribution in [0.3, 0.4) is 0 Å². The number of anilines is 1. The topological polar surface area (TPSA) is 125 Å². The molecule has 0 saturated carbocycles. The lowest BCUT2D eigenvalue weighted by Crippen LogP contribution is -2.52. The van der Waals surface area contributed by atoms with Gasteiger partial charge in [0.05, 0.1) is 16.1 Å². The molecule has 1 atom stereocenters. The van der Waals surface area contributed by atoms with Crippen LogP contribution in [0.25, 0.3) is 16.7 Å². The third kappa shape index (κ3) is 4.84. The van der Waals surface area contributed by atoms with Gasteiger partial charge in [-0.1, -0.05) is 44.0 Å². The van der Waals surface area contributed by atoms with Crippen LogP contribution in [0, 0.1) is 5.41 Å². The fourth-order valence-corrected chi connectivity index (χ4v) is 6.49. The summed E-state index contributed by atoms with van der Waals surface area (Å²) >= 11 is 12.1. The van der Waals surface area contributed by atoms with E-state index < -0.39 is 27.4 Å². The van der Waals surface area contributed by atoms with E-state index in [-0.39, 0.29) is 26.2 Å². The third-order valence-corrected chi connectivity index (χ3v) is 7.73. The van der Waals surface area contributed by atoms with Crippen molar-refractivity contribution in [2.75, 3.05) is 4.31 Å². The first kappa shape index (κ1) is 25.7. The summed E-state index contributed by atoms with van der Waals surface area (Å²) < 4.78 is 30.4. The van der Waals surface area contributed by atoms with Gasteiger partial charge in [-0.3, -0.25) is 13.7 Å². The molecule has 0 aliphatic carbocycles. The number of nitrogens with zero attached hydrogens (tertiary/aromatic N) is 3. The number of hydrogen-bond donors (Lipinski definition) is 2. The molecule has 0 spiro atoms. The van der Waals surface area contributed by atoms with Crippen molar-refractivity contribution in [1.82, 2.24) is 14.8 Å². The molecular weight excluding hydrogens is 527 g/mol. The number of H-pyrrole nitrogens is 1. The number of carbonyl (C=O) groups is 1. The number of sulfonamides is 1. The highest BCUT2D eigenvalue weighted by atomic mass is 35.5. The number of aromatic nitrogens is 3. The highest BCUT2D eigenvalue weighted by Gasteiger charge is 2.43. The first-order valence-corrected chi connectivity index (χ1v) is 12.9. The lowest BCUT2D eigenvalue weighted by atomic mass is 9.86. The maximum Gasteiger partial charge on any atom is 0.328 e. The van der Waals surface area contributed by atoms with Crippen molar-refractivity contribution in [3.63, 3.8) is 0 Å². The zero-order chi connectivity index (χ0) is 26.4. The van der Waals surface area contributed by atoms with Gasteiger partial charge in [-0.2, -0.15) is 5.10 Å². The molecule has 12 heteroatoms. The number of nitrogens with one attached hydrogen (secondary N) is 1. The molecule has 0 aliphatic heterocycles. The molecule has 2 aromatic carbocycles. The number of carboxylic acid groups (broad SMARTS) is 1. The predicted molar refractivity (Wildman–Crippen MR) is 139 cm³/mol. The zero-order valence-corrected chi connectivity index (χ0v) is 21.8. The van der Waals surface area contributed by atoms with Crippen molar-refractivity contribution in [2.24, 2.45) is 5.41 Å². The molecule has 2 heterocycles. The minimum absolute atomic E-state index is 0.101. The number of aliphatic carboxylic acids is 1. The molecule has 1 unspecified atom stereocenters. The Balaban J connectivity index is 1.93. The summed E-state index contributed by atoms with van der Waals surface area (Å²) in [6.07, 6.45) is 1.71. The van der Waals surface area contributed by atoms with E-state index in [1.807, 2.05) is 0 Å². The van der Waals surface area contributed by atoms with E-state index in [0.717, 1.165) is 4.31 Å². The Kier molecular flexibility index (Phi) is 6.63. The number of fused-ring (bicyclic) bond motifs is 1. The Labute approximate surface area is 216 Å². The summed E-state index contributed by atoms with van der Waals surface area (Å²) in [6.45, 7) is 4.95. The van der Waals surface area contributed by atoms with Crippen LogP contribution < -0.4 is 9.86 Å². The fraction of sp³-hybridized carbons (Fsp3) is 0.208. The van der Waals surface area contributed by atoms with Crippen LogP contribution in [0.2, 0.25) is 10.0 Å². The number of carboxylic acids is 1. The highest BCUT2D eigenvalue weighted by molar-refractivity contribution is 7.93. The highest BCUT2D eigenvalue weighted by Crippen LogP contribution is 2.37. The van der Waals surface area contributed by atoms with Gasteiger partial charge in [-0.05, 0) is 53.9 Å². The zero-order valence-electron chi connectivity index (χ0n) is 19.4. The minimum Gasteiger partial charge on any atom is -0.480 e. The average molecular weight is 549 g/mol. The number of rotatable bonds is 6. The molecule has 188 valence electrons. The maximum absolute atomic E-state index is 13.9. The summed E-state index contributed by atoms with van der Waals surface area (Å²) in [5.41, 5.74) is -0.513. The molecule has 0 aliphatic rings. The Hall–Kier alpha value is -3.34. The second kappa shape index (κ2) is 9.27. The first-order chi connectivity index (χ1) is 16.8. The van der Waals surface area contributed by atoms with Crippen LogP contribution in [0.4, 0.5) is 5.69 Å². The van der Waals surface area contributed by atoms with Crippen LogP contribution >= 0.6 is 23.2 Å². The number of hydrogen-bond acceptors (Lipinski definition) is 5. The molecule has 0 bridgehead atoms. The van der Waals surface area contributed by atoms with Crippen molar-refractivity contribution in [1.29, 1.82) is 0 Å². The smallest absolute Gasteiger partial charge is 0.328 e. The largest absolute Gasteiger partial charge is 0.480 e. The van der Waals surface area contributed by atoms with Gasteiger partial charge in [0.2, 0.25) is 0 Å². The Morgan fingerprint density at radius 1 is 1.06 bits per heavy atom. The van der Waals surface area contributed by atoms with Gasteiger partial charge in [0.15, 0.2) is 5.82 Å². The summed E-state index contributed by atoms with van der Waals surface area (Å²) in [4.78, 5) is 23.6. The van der Waals surface area contributed by atoms with Gasteiger partial charge in [0, 0.05) is 27.7 Å². The molecule has 0 amide bonds. The Bertz CT molecular complexity index is 1600. The van der Waals surface area contributed by atoms with Gasteiger partial charge in [0.1, 0.15) is 6.04 Å². The molecule has 0 fully saturated rings. The van der Waals surface area contributed by atoms with Gasteiger partial charge in [-0.15, -0.1) is 0 Å². The van der Waals surface area contributed by atoms with E-state index in [2.05, 4.69) is 10.2 Å². The summed E-state index contributed by atoms with van der Waals surface area (Å²) in [5.74, 6) is -0.859. The molecular formula is C24H22Cl2N4O5S. The van der Waals surface area contributed by atoms with Crippen LogP contribution in [0.15, 0.2) is 70.5 Å². The van der Waals surface area contributed by atoms with Crippen LogP contribution in [-0.2, 0) is 14.8 Å². The van der Waals surface area contributed by atoms with Gasteiger partial charge >= 0.3 is 5.97 Å². The van der Waals surface area contributed by atoms with Crippen molar-refractivity contribution < 1.29 is 18.3 Å². The summed E-state index contributed by atoms with van der Waals surface area (Å²) in [6, 6.07) is 11.8. The van der Waals surface area contributed by atoms with E-state index >= 15 is 0 Å². The number of aromatic amines is 1. The lowest BCUT2D eigenvalue weighted by Gasteiger charge is -2.37. The molecule has 4 aromatic rings. The lowest BCUT2D eigenvalue weighted by molar-refractivity contribution is -0.140.